The van der Waals surface area contributed by atoms with E-state index in [0.717, 1.165) is 10.9 Å². The Hall–Kier alpha value is -3.74. The summed E-state index contributed by atoms with van der Waals surface area (Å²) in [6.45, 7) is 0. The van der Waals surface area contributed by atoms with Crippen molar-refractivity contribution in [3.05, 3.63) is 90.0 Å². The number of para-hydroxylation sites is 1. The monoisotopic (exact) mass is 409 g/mol. The number of alkyl halides is 3. The van der Waals surface area contributed by atoms with Gasteiger partial charge in [-0.05, 0) is 30.3 Å². The first-order valence-electron chi connectivity index (χ1n) is 9.17. The minimum absolute atomic E-state index is 0.319. The molecule has 1 aromatic heterocycles. The average molecular weight is 409 g/mol. The molecule has 0 radical (unpaired) electrons. The van der Waals surface area contributed by atoms with Crippen LogP contribution in [0.25, 0.3) is 22.2 Å². The first-order valence-corrected chi connectivity index (χ1v) is 9.17. The lowest BCUT2D eigenvalue weighted by molar-refractivity contribution is -0.274. The van der Waals surface area contributed by atoms with Gasteiger partial charge in [-0.3, -0.25) is 0 Å². The number of hydrogen-bond donors (Lipinski definition) is 0. The molecule has 1 atom stereocenters. The van der Waals surface area contributed by atoms with Crippen molar-refractivity contribution in [2.24, 2.45) is 0 Å². The van der Waals surface area contributed by atoms with E-state index in [0.29, 0.717) is 22.4 Å². The van der Waals surface area contributed by atoms with Crippen LogP contribution in [0.3, 0.4) is 0 Å². The summed E-state index contributed by atoms with van der Waals surface area (Å²) in [6, 6.07) is 22.2. The Morgan fingerprint density at radius 1 is 0.900 bits per heavy atom. The number of hydrogen-bond acceptors (Lipinski definition) is 3. The number of esters is 1. The lowest BCUT2D eigenvalue weighted by Gasteiger charge is -2.19. The fraction of sp³-hybridized carbons (Fsp3) is 0.0870. The zero-order chi connectivity index (χ0) is 20.9. The van der Waals surface area contributed by atoms with Gasteiger partial charge in [0.05, 0.1) is 16.8 Å². The molecule has 0 bridgehead atoms. The summed E-state index contributed by atoms with van der Waals surface area (Å²) in [6.07, 6.45) is -5.51. The second-order valence-electron chi connectivity index (χ2n) is 6.88. The maximum Gasteiger partial charge on any atom is 0.573 e. The van der Waals surface area contributed by atoms with Gasteiger partial charge < -0.3 is 14.0 Å². The van der Waals surface area contributed by atoms with Crippen LogP contribution in [0.1, 0.15) is 22.1 Å². The molecule has 150 valence electrons. The lowest BCUT2D eigenvalue weighted by atomic mass is 10.1. The molecule has 0 saturated carbocycles. The Balaban J connectivity index is 1.70. The molecular weight excluding hydrogens is 395 g/mol. The van der Waals surface area contributed by atoms with Crippen LogP contribution >= 0.6 is 0 Å². The molecule has 1 aliphatic heterocycles. The summed E-state index contributed by atoms with van der Waals surface area (Å²) in [7, 11) is 0. The van der Waals surface area contributed by atoms with Crippen molar-refractivity contribution in [1.29, 1.82) is 0 Å². The molecule has 0 amide bonds. The number of aromatic nitrogens is 1. The SMILES string of the molecule is O=C1OC(n2c(-c3cccc(OC(F)(F)F)c3)cc3ccccc32)c2ccccc21. The van der Waals surface area contributed by atoms with Crippen LogP contribution in [0, 0.1) is 0 Å². The van der Waals surface area contributed by atoms with E-state index in [-0.39, 0.29) is 5.75 Å². The average Bonchev–Trinajstić information content (AvgIpc) is 3.25. The van der Waals surface area contributed by atoms with Crippen molar-refractivity contribution in [2.45, 2.75) is 12.6 Å². The molecule has 2 heterocycles. The van der Waals surface area contributed by atoms with Gasteiger partial charge in [-0.1, -0.05) is 48.5 Å². The first-order chi connectivity index (χ1) is 14.4. The standard InChI is InChI=1S/C23H14F3NO3/c24-23(25,26)30-16-8-5-7-14(12-16)20-13-15-6-1-4-11-19(15)27(20)21-17-9-2-3-10-18(17)22(28)29-21/h1-13,21H. The van der Waals surface area contributed by atoms with Gasteiger partial charge >= 0.3 is 12.3 Å². The van der Waals surface area contributed by atoms with E-state index >= 15 is 0 Å². The quantitative estimate of drug-likeness (QED) is 0.394. The van der Waals surface area contributed by atoms with Crippen molar-refractivity contribution >= 4 is 16.9 Å². The number of halogens is 3. The topological polar surface area (TPSA) is 40.5 Å². The molecule has 7 heteroatoms. The van der Waals surface area contributed by atoms with Crippen molar-refractivity contribution in [1.82, 2.24) is 4.57 Å². The van der Waals surface area contributed by atoms with E-state index in [4.69, 9.17) is 4.74 Å². The molecule has 3 aromatic carbocycles. The summed E-state index contributed by atoms with van der Waals surface area (Å²) < 4.78 is 49.7. The summed E-state index contributed by atoms with van der Waals surface area (Å²) in [4.78, 5) is 12.4. The molecule has 4 aromatic rings. The zero-order valence-electron chi connectivity index (χ0n) is 15.4. The summed E-state index contributed by atoms with van der Waals surface area (Å²) >= 11 is 0. The van der Waals surface area contributed by atoms with Gasteiger partial charge in [0, 0.05) is 16.5 Å². The molecule has 0 fully saturated rings. The van der Waals surface area contributed by atoms with Crippen molar-refractivity contribution in [3.63, 3.8) is 0 Å². The third-order valence-electron chi connectivity index (χ3n) is 5.01. The highest BCUT2D eigenvalue weighted by Crippen LogP contribution is 2.40. The predicted octanol–water partition coefficient (Wildman–Crippen LogP) is 5.92. The number of cyclic esters (lactones) is 1. The van der Waals surface area contributed by atoms with E-state index in [9.17, 15) is 18.0 Å². The Morgan fingerprint density at radius 2 is 1.67 bits per heavy atom. The highest BCUT2D eigenvalue weighted by molar-refractivity contribution is 5.95. The molecule has 0 spiro atoms. The molecule has 1 unspecified atom stereocenters. The molecule has 0 saturated heterocycles. The number of carbonyl (C=O) groups excluding carboxylic acids is 1. The summed E-state index contributed by atoms with van der Waals surface area (Å²) in [5, 5.41) is 0.870. The maximum absolute atomic E-state index is 12.7. The smallest absolute Gasteiger partial charge is 0.433 e. The van der Waals surface area contributed by atoms with Gasteiger partial charge in [-0.25, -0.2) is 4.79 Å². The van der Waals surface area contributed by atoms with Gasteiger partial charge in [-0.15, -0.1) is 13.2 Å². The van der Waals surface area contributed by atoms with Gasteiger partial charge in [0.1, 0.15) is 5.75 Å². The van der Waals surface area contributed by atoms with Gasteiger partial charge in [0.15, 0.2) is 0 Å². The van der Waals surface area contributed by atoms with Crippen LogP contribution in [0.5, 0.6) is 5.75 Å². The second kappa shape index (κ2) is 6.66. The van der Waals surface area contributed by atoms with Gasteiger partial charge in [0.2, 0.25) is 6.23 Å². The first kappa shape index (κ1) is 18.3. The van der Waals surface area contributed by atoms with E-state index in [1.165, 1.54) is 18.2 Å². The van der Waals surface area contributed by atoms with Crippen molar-refractivity contribution in [2.75, 3.05) is 0 Å². The Kier molecular flexibility index (Phi) is 4.06. The van der Waals surface area contributed by atoms with Gasteiger partial charge in [0.25, 0.3) is 0 Å². The Labute approximate surface area is 169 Å². The molecular formula is C23H14F3NO3. The van der Waals surface area contributed by atoms with Crippen LogP contribution in [0.4, 0.5) is 13.2 Å². The minimum atomic E-state index is -4.79. The van der Waals surface area contributed by atoms with Crippen LogP contribution in [-0.4, -0.2) is 16.9 Å². The fourth-order valence-corrected chi connectivity index (χ4v) is 3.82. The molecule has 5 rings (SSSR count). The van der Waals surface area contributed by atoms with Crippen LogP contribution < -0.4 is 4.74 Å². The van der Waals surface area contributed by atoms with Crippen LogP contribution in [0.2, 0.25) is 0 Å². The second-order valence-corrected chi connectivity index (χ2v) is 6.88. The van der Waals surface area contributed by atoms with Crippen molar-refractivity contribution in [3.8, 4) is 17.0 Å². The number of carbonyl (C=O) groups is 1. The Morgan fingerprint density at radius 3 is 2.50 bits per heavy atom. The molecule has 0 aliphatic carbocycles. The van der Waals surface area contributed by atoms with Crippen molar-refractivity contribution < 1.29 is 27.4 Å². The number of fused-ring (bicyclic) bond motifs is 2. The summed E-state index contributed by atoms with van der Waals surface area (Å²) in [5.41, 5.74) is 3.09. The fourth-order valence-electron chi connectivity index (χ4n) is 3.82. The van der Waals surface area contributed by atoms with E-state index in [1.807, 2.05) is 47.0 Å². The van der Waals surface area contributed by atoms with Gasteiger partial charge in [-0.2, -0.15) is 0 Å². The third-order valence-corrected chi connectivity index (χ3v) is 5.01. The predicted molar refractivity (Wildman–Crippen MR) is 104 cm³/mol. The van der Waals surface area contributed by atoms with Crippen LogP contribution in [-0.2, 0) is 4.74 Å². The maximum atomic E-state index is 12.7. The normalized spacial score (nSPS) is 15.8. The minimum Gasteiger partial charge on any atom is -0.433 e. The molecule has 0 N–H and O–H groups in total. The van der Waals surface area contributed by atoms with E-state index in [1.54, 1.807) is 18.2 Å². The Bertz CT molecular complexity index is 1280. The molecule has 4 nitrogen and oxygen atoms in total. The molecule has 1 aliphatic rings. The van der Waals surface area contributed by atoms with E-state index in [2.05, 4.69) is 4.74 Å². The number of ether oxygens (including phenoxy) is 2. The number of benzene rings is 3. The summed E-state index contributed by atoms with van der Waals surface area (Å²) in [5.74, 6) is -0.755. The lowest BCUT2D eigenvalue weighted by Crippen LogP contribution is -2.17. The van der Waals surface area contributed by atoms with E-state index < -0.39 is 18.6 Å². The molecule has 30 heavy (non-hydrogen) atoms. The third kappa shape index (κ3) is 3.08. The zero-order valence-corrected chi connectivity index (χ0v) is 15.4. The highest BCUT2D eigenvalue weighted by atomic mass is 19.4. The highest BCUT2D eigenvalue weighted by Gasteiger charge is 2.34. The number of rotatable bonds is 3. The largest absolute Gasteiger partial charge is 0.573 e. The number of nitrogens with zero attached hydrogens (tertiary/aromatic N) is 1. The van der Waals surface area contributed by atoms with Crippen LogP contribution in [0.15, 0.2) is 78.9 Å².